The van der Waals surface area contributed by atoms with Crippen molar-refractivity contribution in [1.82, 2.24) is 0 Å². The van der Waals surface area contributed by atoms with Gasteiger partial charge in [0.15, 0.2) is 6.61 Å². The maximum Gasteiger partial charge on any atom is 0.341 e. The summed E-state index contributed by atoms with van der Waals surface area (Å²) >= 11 is 3.30. The molecule has 0 heterocycles. The number of esters is 1. The third-order valence-corrected chi connectivity index (χ3v) is 5.44. The lowest BCUT2D eigenvalue weighted by atomic mass is 10.2. The van der Waals surface area contributed by atoms with E-state index in [1.54, 1.807) is 18.2 Å². The number of amides is 1. The van der Waals surface area contributed by atoms with E-state index in [1.165, 1.54) is 0 Å². The van der Waals surface area contributed by atoms with Gasteiger partial charge in [-0.1, -0.05) is 6.07 Å². The van der Waals surface area contributed by atoms with Crippen molar-refractivity contribution < 1.29 is 31.5 Å². The van der Waals surface area contributed by atoms with Gasteiger partial charge in [-0.3, -0.25) is 4.79 Å². The Morgan fingerprint density at radius 3 is 2.33 bits per heavy atom. The largest absolute Gasteiger partial charge is 0.452 e. The molecule has 10 heteroatoms. The van der Waals surface area contributed by atoms with E-state index in [0.717, 1.165) is 29.8 Å². The van der Waals surface area contributed by atoms with Crippen molar-refractivity contribution in [2.75, 3.05) is 11.9 Å². The minimum Gasteiger partial charge on any atom is -0.452 e. The second-order valence-corrected chi connectivity index (χ2v) is 8.21. The summed E-state index contributed by atoms with van der Waals surface area (Å²) in [7, 11) is -4.74. The van der Waals surface area contributed by atoms with Crippen LogP contribution in [0.4, 0.5) is 14.5 Å². The van der Waals surface area contributed by atoms with Gasteiger partial charge in [0.05, 0.1) is 16.1 Å². The van der Waals surface area contributed by atoms with Crippen LogP contribution in [0.1, 0.15) is 15.9 Å². The molecule has 0 fully saturated rings. The molecule has 0 aliphatic rings. The van der Waals surface area contributed by atoms with Crippen LogP contribution in [0.3, 0.4) is 0 Å². The highest BCUT2D eigenvalue weighted by Gasteiger charge is 2.26. The molecule has 0 saturated carbocycles. The summed E-state index contributed by atoms with van der Waals surface area (Å²) in [5.74, 6) is -5.03. The van der Waals surface area contributed by atoms with E-state index in [1.807, 2.05) is 6.92 Å². The average molecular weight is 462 g/mol. The smallest absolute Gasteiger partial charge is 0.341 e. The molecule has 1 amide bonds. The molecule has 0 aliphatic carbocycles. The van der Waals surface area contributed by atoms with E-state index >= 15 is 0 Å². The Morgan fingerprint density at radius 1 is 1.15 bits per heavy atom. The molecule has 0 unspecified atom stereocenters. The Balaban J connectivity index is 1.96. The zero-order chi connectivity index (χ0) is 20.2. The third-order valence-electron chi connectivity index (χ3n) is 3.39. The number of benzene rings is 2. The maximum absolute atomic E-state index is 12.5. The van der Waals surface area contributed by atoms with Crippen LogP contribution in [0.5, 0.6) is 0 Å². The second-order valence-electron chi connectivity index (χ2n) is 5.44. The summed E-state index contributed by atoms with van der Waals surface area (Å²) in [6.45, 7) is 1.31. The highest BCUT2D eigenvalue weighted by atomic mass is 79.9. The molecule has 2 rings (SSSR count). The summed E-state index contributed by atoms with van der Waals surface area (Å²) in [6, 6.07) is 9.10. The van der Waals surface area contributed by atoms with Gasteiger partial charge in [-0.2, -0.15) is 8.78 Å². The van der Waals surface area contributed by atoms with Crippen molar-refractivity contribution in [2.45, 2.75) is 17.6 Å². The van der Waals surface area contributed by atoms with Gasteiger partial charge >= 0.3 is 11.7 Å². The van der Waals surface area contributed by atoms with E-state index < -0.39 is 39.0 Å². The number of aryl methyl sites for hydroxylation is 1. The molecule has 27 heavy (non-hydrogen) atoms. The zero-order valence-corrected chi connectivity index (χ0v) is 16.3. The summed E-state index contributed by atoms with van der Waals surface area (Å²) in [4.78, 5) is 23.2. The van der Waals surface area contributed by atoms with Gasteiger partial charge in [0.1, 0.15) is 0 Å². The van der Waals surface area contributed by atoms with Crippen molar-refractivity contribution in [3.8, 4) is 0 Å². The molecule has 0 spiro atoms. The molecule has 0 aliphatic heterocycles. The molecule has 6 nitrogen and oxygen atoms in total. The number of halogens is 3. The first-order valence-corrected chi connectivity index (χ1v) is 9.80. The van der Waals surface area contributed by atoms with Crippen LogP contribution in [0.2, 0.25) is 0 Å². The van der Waals surface area contributed by atoms with Crippen LogP contribution < -0.4 is 5.32 Å². The normalized spacial score (nSPS) is 11.3. The molecule has 2 aromatic rings. The predicted molar refractivity (Wildman–Crippen MR) is 97.4 cm³/mol. The van der Waals surface area contributed by atoms with E-state index in [2.05, 4.69) is 21.2 Å². The van der Waals surface area contributed by atoms with E-state index in [-0.39, 0.29) is 5.56 Å². The Morgan fingerprint density at radius 2 is 1.78 bits per heavy atom. The van der Waals surface area contributed by atoms with Gasteiger partial charge in [-0.15, -0.1) is 0 Å². The fourth-order valence-corrected chi connectivity index (χ4v) is 3.32. The van der Waals surface area contributed by atoms with E-state index in [0.29, 0.717) is 10.2 Å². The monoisotopic (exact) mass is 461 g/mol. The van der Waals surface area contributed by atoms with E-state index in [9.17, 15) is 26.8 Å². The lowest BCUT2D eigenvalue weighted by Crippen LogP contribution is -2.21. The number of nitrogens with one attached hydrogen (secondary N) is 1. The lowest BCUT2D eigenvalue weighted by Gasteiger charge is -2.09. The van der Waals surface area contributed by atoms with Crippen molar-refractivity contribution in [3.63, 3.8) is 0 Å². The van der Waals surface area contributed by atoms with Crippen LogP contribution in [0.15, 0.2) is 51.8 Å². The Hall–Kier alpha value is -2.33. The number of rotatable bonds is 6. The highest BCUT2D eigenvalue weighted by Crippen LogP contribution is 2.23. The number of sulfone groups is 1. The summed E-state index contributed by atoms with van der Waals surface area (Å²) < 4.78 is 53.1. The lowest BCUT2D eigenvalue weighted by molar-refractivity contribution is -0.119. The first kappa shape index (κ1) is 21.0. The van der Waals surface area contributed by atoms with Gasteiger partial charge in [0.2, 0.25) is 9.84 Å². The minimum absolute atomic E-state index is 0.0764. The van der Waals surface area contributed by atoms with Gasteiger partial charge < -0.3 is 10.1 Å². The Bertz CT molecular complexity index is 962. The van der Waals surface area contributed by atoms with Gasteiger partial charge in [-0.25, -0.2) is 13.2 Å². The summed E-state index contributed by atoms with van der Waals surface area (Å²) in [5.41, 5.74) is 1.42. The standard InChI is InChI=1S/C17H14BrF2NO5S/c1-10-2-7-14(13(18)8-10)21-15(22)9-26-16(23)11-3-5-12(6-4-11)27(24,25)17(19)20/h2-8,17H,9H2,1H3,(H,21,22). The average Bonchev–Trinajstić information content (AvgIpc) is 2.62. The van der Waals surface area contributed by atoms with E-state index in [4.69, 9.17) is 4.74 Å². The summed E-state index contributed by atoms with van der Waals surface area (Å²) in [5, 5.41) is 2.56. The third kappa shape index (κ3) is 5.33. The van der Waals surface area contributed by atoms with Crippen LogP contribution >= 0.6 is 15.9 Å². The molecule has 0 bridgehead atoms. The molecule has 2 aromatic carbocycles. The minimum atomic E-state index is -4.74. The van der Waals surface area contributed by atoms with Crippen molar-refractivity contribution in [2.24, 2.45) is 0 Å². The van der Waals surface area contributed by atoms with Crippen LogP contribution in [0.25, 0.3) is 0 Å². The molecule has 0 radical (unpaired) electrons. The van der Waals surface area contributed by atoms with Crippen molar-refractivity contribution in [3.05, 3.63) is 58.1 Å². The number of carbonyl (C=O) groups is 2. The SMILES string of the molecule is Cc1ccc(NC(=O)COC(=O)c2ccc(S(=O)(=O)C(F)F)cc2)c(Br)c1. The molecular formula is C17H14BrF2NO5S. The van der Waals surface area contributed by atoms with Gasteiger partial charge in [0.25, 0.3) is 5.91 Å². The van der Waals surface area contributed by atoms with Crippen LogP contribution in [-0.4, -0.2) is 32.7 Å². The van der Waals surface area contributed by atoms with Crippen molar-refractivity contribution >= 4 is 43.3 Å². The molecule has 144 valence electrons. The maximum atomic E-state index is 12.5. The Kier molecular flexibility index (Phi) is 6.66. The predicted octanol–water partition coefficient (Wildman–Crippen LogP) is 3.55. The first-order valence-electron chi connectivity index (χ1n) is 7.46. The number of hydrogen-bond acceptors (Lipinski definition) is 5. The Labute approximate surface area is 162 Å². The molecule has 1 N–H and O–H groups in total. The number of carbonyl (C=O) groups excluding carboxylic acids is 2. The first-order chi connectivity index (χ1) is 12.6. The van der Waals surface area contributed by atoms with Crippen molar-refractivity contribution in [1.29, 1.82) is 0 Å². The number of hydrogen-bond donors (Lipinski definition) is 1. The second kappa shape index (κ2) is 8.57. The van der Waals surface area contributed by atoms with Gasteiger partial charge in [0, 0.05) is 4.47 Å². The van der Waals surface area contributed by atoms with Crippen LogP contribution in [-0.2, 0) is 19.4 Å². The molecule has 0 atom stereocenters. The zero-order valence-electron chi connectivity index (χ0n) is 13.9. The molecule has 0 saturated heterocycles. The van der Waals surface area contributed by atoms with Crippen LogP contribution in [0, 0.1) is 6.92 Å². The topological polar surface area (TPSA) is 89.5 Å². The number of anilines is 1. The number of alkyl halides is 2. The summed E-state index contributed by atoms with van der Waals surface area (Å²) in [6.07, 6.45) is 0. The highest BCUT2D eigenvalue weighted by molar-refractivity contribution is 9.10. The fraction of sp³-hybridized carbons (Fsp3) is 0.176. The quantitative estimate of drug-likeness (QED) is 0.664. The molecular weight excluding hydrogens is 448 g/mol. The molecule has 0 aromatic heterocycles. The fourth-order valence-electron chi connectivity index (χ4n) is 2.01. The van der Waals surface area contributed by atoms with Gasteiger partial charge in [-0.05, 0) is 64.8 Å². The number of ether oxygens (including phenoxy) is 1.